The molecule has 4 rings (SSSR count). The van der Waals surface area contributed by atoms with Gasteiger partial charge in [-0.1, -0.05) is 6.07 Å². The van der Waals surface area contributed by atoms with E-state index in [1.54, 1.807) is 35.5 Å². The van der Waals surface area contributed by atoms with Gasteiger partial charge in [0.05, 0.1) is 46.8 Å². The van der Waals surface area contributed by atoms with Crippen molar-refractivity contribution in [3.63, 3.8) is 0 Å². The fourth-order valence-electron chi connectivity index (χ4n) is 3.65. The quantitative estimate of drug-likeness (QED) is 0.456. The molecule has 2 heterocycles. The van der Waals surface area contributed by atoms with Gasteiger partial charge in [-0.3, -0.25) is 4.98 Å². The largest absolute Gasteiger partial charge is 0.493 e. The first-order valence-corrected chi connectivity index (χ1v) is 9.63. The Kier molecular flexibility index (Phi) is 5.58. The highest BCUT2D eigenvalue weighted by atomic mass is 16.5. The van der Waals surface area contributed by atoms with E-state index in [9.17, 15) is 0 Å². The van der Waals surface area contributed by atoms with Gasteiger partial charge >= 0.3 is 0 Å². The first-order valence-electron chi connectivity index (χ1n) is 9.63. The van der Waals surface area contributed by atoms with Gasteiger partial charge in [0.2, 0.25) is 5.75 Å². The number of nitrogens with one attached hydrogen (secondary N) is 1. The van der Waals surface area contributed by atoms with Crippen molar-refractivity contribution in [1.29, 1.82) is 0 Å². The van der Waals surface area contributed by atoms with Crippen LogP contribution in [0.5, 0.6) is 28.7 Å². The van der Waals surface area contributed by atoms with Crippen LogP contribution >= 0.6 is 0 Å². The number of hydrogen-bond donors (Lipinski definition) is 1. The van der Waals surface area contributed by atoms with Crippen LogP contribution in [-0.2, 0) is 0 Å². The molecule has 0 aliphatic rings. The zero-order valence-electron chi connectivity index (χ0n) is 18.1. The van der Waals surface area contributed by atoms with Crippen molar-refractivity contribution in [2.24, 2.45) is 0 Å². The van der Waals surface area contributed by atoms with Gasteiger partial charge in [0, 0.05) is 28.9 Å². The third-order valence-electron chi connectivity index (χ3n) is 5.21. The zero-order chi connectivity index (χ0) is 22.0. The van der Waals surface area contributed by atoms with E-state index in [1.165, 1.54) is 0 Å². The molecule has 0 aliphatic carbocycles. The molecule has 160 valence electrons. The molecule has 2 aromatic carbocycles. The van der Waals surface area contributed by atoms with Crippen LogP contribution < -0.4 is 23.7 Å². The van der Waals surface area contributed by atoms with Crippen molar-refractivity contribution in [2.45, 2.75) is 0 Å². The van der Waals surface area contributed by atoms with Crippen molar-refractivity contribution >= 4 is 10.9 Å². The Balaban J connectivity index is 1.85. The van der Waals surface area contributed by atoms with Gasteiger partial charge in [0.1, 0.15) is 0 Å². The smallest absolute Gasteiger partial charge is 0.203 e. The standard InChI is InChI=1S/C24H24N2O5/c1-27-19-7-6-14(9-20(19)28-2)16-8-17-18(25-12-16)13-26-23(17)15-10-21(29-3)24(31-5)22(11-15)30-4/h6-13,26H,1-5H3. The highest BCUT2D eigenvalue weighted by Gasteiger charge is 2.17. The minimum atomic E-state index is 0.550. The number of methoxy groups -OCH3 is 5. The summed E-state index contributed by atoms with van der Waals surface area (Å²) in [7, 11) is 8.03. The number of aromatic nitrogens is 2. The molecule has 7 nitrogen and oxygen atoms in total. The maximum atomic E-state index is 5.51. The number of pyridine rings is 1. The van der Waals surface area contributed by atoms with Gasteiger partial charge in [0.25, 0.3) is 0 Å². The second-order valence-corrected chi connectivity index (χ2v) is 6.80. The van der Waals surface area contributed by atoms with Crippen molar-refractivity contribution in [3.8, 4) is 51.1 Å². The van der Waals surface area contributed by atoms with E-state index in [2.05, 4.69) is 16.0 Å². The van der Waals surface area contributed by atoms with E-state index in [0.29, 0.717) is 28.7 Å². The molecular formula is C24H24N2O5. The van der Waals surface area contributed by atoms with Crippen LogP contribution in [0.2, 0.25) is 0 Å². The van der Waals surface area contributed by atoms with Crippen LogP contribution in [0.4, 0.5) is 0 Å². The van der Waals surface area contributed by atoms with E-state index in [4.69, 9.17) is 23.7 Å². The number of fused-ring (bicyclic) bond motifs is 1. The van der Waals surface area contributed by atoms with Crippen LogP contribution in [0.3, 0.4) is 0 Å². The van der Waals surface area contributed by atoms with Crippen LogP contribution in [0, 0.1) is 0 Å². The maximum absolute atomic E-state index is 5.51. The number of hydrogen-bond acceptors (Lipinski definition) is 6. The fourth-order valence-corrected chi connectivity index (χ4v) is 3.65. The van der Waals surface area contributed by atoms with Crippen molar-refractivity contribution < 1.29 is 23.7 Å². The molecule has 2 aromatic heterocycles. The predicted molar refractivity (Wildman–Crippen MR) is 120 cm³/mol. The number of aromatic amines is 1. The Morgan fingerprint density at radius 1 is 0.645 bits per heavy atom. The molecule has 0 amide bonds. The normalized spacial score (nSPS) is 10.7. The topological polar surface area (TPSA) is 74.8 Å². The molecule has 0 aliphatic heterocycles. The summed E-state index contributed by atoms with van der Waals surface area (Å²) >= 11 is 0. The summed E-state index contributed by atoms with van der Waals surface area (Å²) in [5, 5.41) is 0.974. The Morgan fingerprint density at radius 2 is 1.29 bits per heavy atom. The Bertz CT molecular complexity index is 1210. The minimum absolute atomic E-state index is 0.550. The van der Waals surface area contributed by atoms with Gasteiger partial charge in [-0.2, -0.15) is 0 Å². The second-order valence-electron chi connectivity index (χ2n) is 6.80. The van der Waals surface area contributed by atoms with E-state index in [-0.39, 0.29) is 0 Å². The minimum Gasteiger partial charge on any atom is -0.493 e. The summed E-state index contributed by atoms with van der Waals surface area (Å²) in [4.78, 5) is 7.96. The monoisotopic (exact) mass is 420 g/mol. The molecular weight excluding hydrogens is 396 g/mol. The molecule has 31 heavy (non-hydrogen) atoms. The number of ether oxygens (including phenoxy) is 5. The molecule has 0 fully saturated rings. The van der Waals surface area contributed by atoms with Gasteiger partial charge in [-0.05, 0) is 35.9 Å². The average Bonchev–Trinajstić information content (AvgIpc) is 3.25. The van der Waals surface area contributed by atoms with Crippen molar-refractivity contribution in [2.75, 3.05) is 35.5 Å². The summed E-state index contributed by atoms with van der Waals surface area (Å²) in [6.07, 6.45) is 3.72. The summed E-state index contributed by atoms with van der Waals surface area (Å²) in [6, 6.07) is 11.7. The Hall–Kier alpha value is -3.87. The van der Waals surface area contributed by atoms with Crippen LogP contribution in [0.15, 0.2) is 48.8 Å². The lowest BCUT2D eigenvalue weighted by Gasteiger charge is -2.14. The number of rotatable bonds is 7. The number of nitrogens with zero attached hydrogens (tertiary/aromatic N) is 1. The Labute approximate surface area is 180 Å². The molecule has 0 saturated heterocycles. The van der Waals surface area contributed by atoms with Crippen molar-refractivity contribution in [1.82, 2.24) is 9.97 Å². The molecule has 0 spiro atoms. The van der Waals surface area contributed by atoms with Gasteiger partial charge in [-0.25, -0.2) is 0 Å². The summed E-state index contributed by atoms with van der Waals surface area (Å²) in [5.41, 5.74) is 4.60. The summed E-state index contributed by atoms with van der Waals surface area (Å²) < 4.78 is 27.3. The highest BCUT2D eigenvalue weighted by molar-refractivity contribution is 5.96. The third-order valence-corrected chi connectivity index (χ3v) is 5.21. The lowest BCUT2D eigenvalue weighted by molar-refractivity contribution is 0.324. The molecule has 0 bridgehead atoms. The first-order chi connectivity index (χ1) is 15.1. The number of H-pyrrole nitrogens is 1. The van der Waals surface area contributed by atoms with Crippen LogP contribution in [-0.4, -0.2) is 45.5 Å². The molecule has 0 radical (unpaired) electrons. The predicted octanol–water partition coefficient (Wildman–Crippen LogP) is 4.94. The van der Waals surface area contributed by atoms with E-state index >= 15 is 0 Å². The first kappa shape index (κ1) is 20.4. The van der Waals surface area contributed by atoms with Crippen LogP contribution in [0.25, 0.3) is 33.3 Å². The lowest BCUT2D eigenvalue weighted by atomic mass is 10.0. The summed E-state index contributed by atoms with van der Waals surface area (Å²) in [6.45, 7) is 0. The van der Waals surface area contributed by atoms with E-state index < -0.39 is 0 Å². The highest BCUT2D eigenvalue weighted by Crippen LogP contribution is 2.42. The molecule has 4 aromatic rings. The lowest BCUT2D eigenvalue weighted by Crippen LogP contribution is -1.96. The van der Waals surface area contributed by atoms with Crippen LogP contribution in [0.1, 0.15) is 0 Å². The average molecular weight is 420 g/mol. The van der Waals surface area contributed by atoms with E-state index in [1.807, 2.05) is 42.7 Å². The molecule has 7 heteroatoms. The van der Waals surface area contributed by atoms with Gasteiger partial charge in [-0.15, -0.1) is 0 Å². The molecule has 1 N–H and O–H groups in total. The SMILES string of the molecule is COc1ccc(-c2cnc3c[nH]c(-c4cc(OC)c(OC)c(OC)c4)c3c2)cc1OC. The Morgan fingerprint density at radius 3 is 1.90 bits per heavy atom. The zero-order valence-corrected chi connectivity index (χ0v) is 18.1. The fraction of sp³-hybridized carbons (Fsp3) is 0.208. The molecule has 0 unspecified atom stereocenters. The number of benzene rings is 2. The molecule has 0 atom stereocenters. The maximum Gasteiger partial charge on any atom is 0.203 e. The van der Waals surface area contributed by atoms with Gasteiger partial charge in [0.15, 0.2) is 23.0 Å². The third kappa shape index (κ3) is 3.59. The van der Waals surface area contributed by atoms with Gasteiger partial charge < -0.3 is 28.7 Å². The van der Waals surface area contributed by atoms with E-state index in [0.717, 1.165) is 33.3 Å². The van der Waals surface area contributed by atoms with Crippen molar-refractivity contribution in [3.05, 3.63) is 48.8 Å². The molecule has 0 saturated carbocycles. The summed E-state index contributed by atoms with van der Waals surface area (Å²) in [5.74, 6) is 3.07. The second kappa shape index (κ2) is 8.47.